The fourth-order valence-electron chi connectivity index (χ4n) is 2.78. The van der Waals surface area contributed by atoms with Crippen LogP contribution in [0.25, 0.3) is 0 Å². The number of nitrogens with zero attached hydrogens (tertiary/aromatic N) is 1. The maximum atomic E-state index is 13.8. The first-order valence-corrected chi connectivity index (χ1v) is 9.72. The Morgan fingerprint density at radius 1 is 1.32 bits per heavy atom. The molecule has 2 rings (SSSR count). The second-order valence-electron chi connectivity index (χ2n) is 6.92. The summed E-state index contributed by atoms with van der Waals surface area (Å²) < 4.78 is 30.1. The minimum absolute atomic E-state index is 0. The Morgan fingerprint density at radius 3 is 2.89 bits per heavy atom. The van der Waals surface area contributed by atoms with Crippen molar-refractivity contribution in [2.24, 2.45) is 10.9 Å². The van der Waals surface area contributed by atoms with Gasteiger partial charge in [0.25, 0.3) is 0 Å². The number of hydrogen-bond acceptors (Lipinski definition) is 4. The van der Waals surface area contributed by atoms with Crippen LogP contribution in [0, 0.1) is 11.7 Å². The van der Waals surface area contributed by atoms with E-state index in [0.29, 0.717) is 32.0 Å². The molecule has 0 saturated carbocycles. The number of nitrogens with one attached hydrogen (secondary N) is 2. The average molecular weight is 509 g/mol. The first-order chi connectivity index (χ1) is 13.1. The van der Waals surface area contributed by atoms with E-state index in [1.165, 1.54) is 12.1 Å². The van der Waals surface area contributed by atoms with E-state index >= 15 is 0 Å². The summed E-state index contributed by atoms with van der Waals surface area (Å²) in [4.78, 5) is 4.56. The standard InChI is InChI=1S/C20H32FN3O3.HI/c1-4-22-20(23-7-5-9-25-12-15(2)3)24-8-6-16-10-18(21)11-17-13-26-14-27-19(16)17;/h10-11,15H,4-9,12-14H2,1-3H3,(H2,22,23,24);1H. The van der Waals surface area contributed by atoms with Crippen LogP contribution in [0.2, 0.25) is 0 Å². The minimum Gasteiger partial charge on any atom is -0.467 e. The molecule has 1 aromatic carbocycles. The zero-order valence-electron chi connectivity index (χ0n) is 17.1. The fraction of sp³-hybridized carbons (Fsp3) is 0.650. The lowest BCUT2D eigenvalue weighted by Gasteiger charge is -2.21. The zero-order valence-corrected chi connectivity index (χ0v) is 19.4. The molecule has 1 heterocycles. The lowest BCUT2D eigenvalue weighted by atomic mass is 10.1. The number of fused-ring (bicyclic) bond motifs is 1. The maximum absolute atomic E-state index is 13.8. The van der Waals surface area contributed by atoms with Crippen LogP contribution in [0.4, 0.5) is 4.39 Å². The third-order valence-corrected chi connectivity index (χ3v) is 3.95. The largest absolute Gasteiger partial charge is 0.467 e. The molecule has 0 spiro atoms. The summed E-state index contributed by atoms with van der Waals surface area (Å²) in [5.74, 6) is 1.79. The second kappa shape index (κ2) is 13.9. The van der Waals surface area contributed by atoms with Gasteiger partial charge < -0.3 is 24.8 Å². The molecule has 1 aliphatic heterocycles. The van der Waals surface area contributed by atoms with Crippen molar-refractivity contribution in [3.8, 4) is 5.75 Å². The molecule has 0 unspecified atom stereocenters. The van der Waals surface area contributed by atoms with Crippen molar-refractivity contribution < 1.29 is 18.6 Å². The maximum Gasteiger partial charge on any atom is 0.191 e. The molecule has 0 fully saturated rings. The van der Waals surface area contributed by atoms with E-state index in [1.54, 1.807) is 0 Å². The quantitative estimate of drug-likeness (QED) is 0.219. The highest BCUT2D eigenvalue weighted by atomic mass is 127. The van der Waals surface area contributed by atoms with Crippen molar-refractivity contribution in [1.82, 2.24) is 10.6 Å². The van der Waals surface area contributed by atoms with Gasteiger partial charge in [-0.2, -0.15) is 0 Å². The van der Waals surface area contributed by atoms with Crippen LogP contribution in [-0.4, -0.2) is 45.6 Å². The molecular weight excluding hydrogens is 476 g/mol. The van der Waals surface area contributed by atoms with Crippen LogP contribution < -0.4 is 15.4 Å². The Kier molecular flexibility index (Phi) is 12.4. The fourth-order valence-corrected chi connectivity index (χ4v) is 2.78. The second-order valence-corrected chi connectivity index (χ2v) is 6.92. The van der Waals surface area contributed by atoms with Crippen LogP contribution in [0.15, 0.2) is 17.1 Å². The summed E-state index contributed by atoms with van der Waals surface area (Å²) in [6.07, 6.45) is 1.52. The van der Waals surface area contributed by atoms with Crippen molar-refractivity contribution in [2.75, 3.05) is 39.6 Å². The van der Waals surface area contributed by atoms with E-state index in [0.717, 1.165) is 49.0 Å². The molecule has 6 nitrogen and oxygen atoms in total. The molecule has 0 radical (unpaired) electrons. The predicted molar refractivity (Wildman–Crippen MR) is 120 cm³/mol. The highest BCUT2D eigenvalue weighted by Crippen LogP contribution is 2.29. The predicted octanol–water partition coefficient (Wildman–Crippen LogP) is 3.47. The Balaban J connectivity index is 0.00000392. The van der Waals surface area contributed by atoms with Crippen LogP contribution in [0.1, 0.15) is 38.3 Å². The highest BCUT2D eigenvalue weighted by Gasteiger charge is 2.16. The van der Waals surface area contributed by atoms with E-state index < -0.39 is 0 Å². The number of rotatable bonds is 10. The van der Waals surface area contributed by atoms with E-state index in [1.807, 2.05) is 6.92 Å². The smallest absolute Gasteiger partial charge is 0.191 e. The van der Waals surface area contributed by atoms with Gasteiger partial charge in [-0.1, -0.05) is 13.8 Å². The van der Waals surface area contributed by atoms with Crippen LogP contribution >= 0.6 is 24.0 Å². The molecule has 0 bridgehead atoms. The van der Waals surface area contributed by atoms with Gasteiger partial charge in [-0.25, -0.2) is 4.39 Å². The van der Waals surface area contributed by atoms with E-state index in [4.69, 9.17) is 14.2 Å². The van der Waals surface area contributed by atoms with Crippen molar-refractivity contribution in [1.29, 1.82) is 0 Å². The van der Waals surface area contributed by atoms with Crippen LogP contribution in [0.5, 0.6) is 5.75 Å². The van der Waals surface area contributed by atoms with Gasteiger partial charge in [-0.05, 0) is 43.4 Å². The average Bonchev–Trinajstić information content (AvgIpc) is 2.64. The summed E-state index contributed by atoms with van der Waals surface area (Å²) in [5, 5.41) is 6.52. The van der Waals surface area contributed by atoms with Gasteiger partial charge in [0.15, 0.2) is 12.8 Å². The number of benzene rings is 1. The van der Waals surface area contributed by atoms with Gasteiger partial charge in [-0.15, -0.1) is 24.0 Å². The van der Waals surface area contributed by atoms with E-state index in [2.05, 4.69) is 29.5 Å². The number of ether oxygens (including phenoxy) is 3. The zero-order chi connectivity index (χ0) is 19.5. The minimum atomic E-state index is -0.264. The van der Waals surface area contributed by atoms with Crippen molar-refractivity contribution in [3.63, 3.8) is 0 Å². The van der Waals surface area contributed by atoms with Crippen LogP contribution in [-0.2, 0) is 22.5 Å². The van der Waals surface area contributed by atoms with Crippen molar-refractivity contribution >= 4 is 29.9 Å². The van der Waals surface area contributed by atoms with Gasteiger partial charge in [0.05, 0.1) is 6.61 Å². The molecule has 8 heteroatoms. The Morgan fingerprint density at radius 2 is 2.14 bits per heavy atom. The van der Waals surface area contributed by atoms with E-state index in [-0.39, 0.29) is 36.6 Å². The van der Waals surface area contributed by atoms with E-state index in [9.17, 15) is 4.39 Å². The molecule has 28 heavy (non-hydrogen) atoms. The lowest BCUT2D eigenvalue weighted by Crippen LogP contribution is -2.38. The highest BCUT2D eigenvalue weighted by molar-refractivity contribution is 14.0. The van der Waals surface area contributed by atoms with Gasteiger partial charge >= 0.3 is 0 Å². The molecule has 1 aromatic rings. The van der Waals surface area contributed by atoms with Gasteiger partial charge in [0.1, 0.15) is 11.6 Å². The summed E-state index contributed by atoms with van der Waals surface area (Å²) in [5.41, 5.74) is 1.61. The summed E-state index contributed by atoms with van der Waals surface area (Å²) >= 11 is 0. The number of guanidine groups is 1. The lowest BCUT2D eigenvalue weighted by molar-refractivity contribution is -0.0172. The topological polar surface area (TPSA) is 64.1 Å². The van der Waals surface area contributed by atoms with Crippen LogP contribution in [0.3, 0.4) is 0 Å². The molecule has 0 aromatic heterocycles. The summed E-state index contributed by atoms with van der Waals surface area (Å²) in [6.45, 7) is 10.5. The van der Waals surface area contributed by atoms with Crippen molar-refractivity contribution in [2.45, 2.75) is 40.2 Å². The van der Waals surface area contributed by atoms with Crippen molar-refractivity contribution in [3.05, 3.63) is 29.1 Å². The third kappa shape index (κ3) is 8.91. The SMILES string of the molecule is CCNC(=NCCCOCC(C)C)NCCc1cc(F)cc2c1OCOC2.I. The summed E-state index contributed by atoms with van der Waals surface area (Å²) in [6, 6.07) is 3.00. The molecule has 0 atom stereocenters. The molecule has 160 valence electrons. The first-order valence-electron chi connectivity index (χ1n) is 9.72. The molecular formula is C20H33FIN3O3. The third-order valence-electron chi connectivity index (χ3n) is 3.95. The first kappa shape index (κ1) is 24.9. The molecule has 0 saturated heterocycles. The Bertz CT molecular complexity index is 615. The van der Waals surface area contributed by atoms with Gasteiger partial charge in [-0.3, -0.25) is 4.99 Å². The molecule has 0 aliphatic carbocycles. The normalized spacial score (nSPS) is 13.5. The molecule has 1 aliphatic rings. The Hall–Kier alpha value is -1.13. The monoisotopic (exact) mass is 509 g/mol. The van der Waals surface area contributed by atoms with Gasteiger partial charge in [0, 0.05) is 38.4 Å². The Labute approximate surface area is 184 Å². The molecule has 2 N–H and O–H groups in total. The number of aliphatic imine (C=N–C) groups is 1. The van der Waals surface area contributed by atoms with Gasteiger partial charge in [0.2, 0.25) is 0 Å². The summed E-state index contributed by atoms with van der Waals surface area (Å²) in [7, 11) is 0. The number of halogens is 2. The molecule has 0 amide bonds. The number of hydrogen-bond donors (Lipinski definition) is 2.